The van der Waals surface area contributed by atoms with Crippen LogP contribution in [0.2, 0.25) is 0 Å². The number of thiazole rings is 1. The van der Waals surface area contributed by atoms with Crippen LogP contribution in [0.5, 0.6) is 0 Å². The molecule has 3 saturated heterocycles. The van der Waals surface area contributed by atoms with Crippen molar-refractivity contribution in [2.75, 3.05) is 25.0 Å². The van der Waals surface area contributed by atoms with Gasteiger partial charge in [-0.15, -0.1) is 11.3 Å². The molecule has 2 aromatic heterocycles. The maximum Gasteiger partial charge on any atom is 0.417 e. The number of carbonyl (C=O) groups excluding carboxylic acids is 1. The van der Waals surface area contributed by atoms with E-state index in [1.807, 2.05) is 20.8 Å². The first-order valence-corrected chi connectivity index (χ1v) is 13.2. The van der Waals surface area contributed by atoms with E-state index < -0.39 is 17.3 Å². The van der Waals surface area contributed by atoms with Gasteiger partial charge in [0.2, 0.25) is 0 Å². The van der Waals surface area contributed by atoms with Crippen LogP contribution >= 0.6 is 11.3 Å². The van der Waals surface area contributed by atoms with Gasteiger partial charge in [-0.05, 0) is 59.6 Å². The average molecular weight is 524 g/mol. The molecule has 0 spiro atoms. The average Bonchev–Trinajstić information content (AvgIpc) is 3.57. The second kappa shape index (κ2) is 9.25. The first kappa shape index (κ1) is 25.4. The van der Waals surface area contributed by atoms with Crippen LogP contribution in [0.25, 0.3) is 10.4 Å². The van der Waals surface area contributed by atoms with Gasteiger partial charge in [0, 0.05) is 36.4 Å². The molecule has 3 aliphatic heterocycles. The number of amides is 1. The Morgan fingerprint density at radius 2 is 2.08 bits per heavy atom. The number of ether oxygens (including phenoxy) is 1. The quantitative estimate of drug-likeness (QED) is 0.593. The zero-order valence-corrected chi connectivity index (χ0v) is 21.8. The predicted octanol–water partition coefficient (Wildman–Crippen LogP) is 5.03. The summed E-state index contributed by atoms with van der Waals surface area (Å²) in [6.45, 7) is 9.95. The summed E-state index contributed by atoms with van der Waals surface area (Å²) in [5, 5.41) is 3.25. The molecule has 2 unspecified atom stereocenters. The Hall–Kier alpha value is -2.24. The molecule has 11 heteroatoms. The van der Waals surface area contributed by atoms with Crippen LogP contribution in [0, 0.1) is 0 Å². The maximum absolute atomic E-state index is 14.3. The molecular formula is C25H32F3N5O2S. The third-order valence-corrected chi connectivity index (χ3v) is 8.16. The Morgan fingerprint density at radius 1 is 1.31 bits per heavy atom. The third kappa shape index (κ3) is 5.10. The van der Waals surface area contributed by atoms with Crippen molar-refractivity contribution in [2.45, 2.75) is 83.4 Å². The first-order valence-electron chi connectivity index (χ1n) is 12.4. The summed E-state index contributed by atoms with van der Waals surface area (Å²) in [4.78, 5) is 26.7. The summed E-state index contributed by atoms with van der Waals surface area (Å²) >= 11 is 1.04. The SMILES string of the molecule is C[C@H]1CCCN1Cc1nc(C(=O)N2CC3CC2CO3)sc1-c1cnc(NC(C)(C)C)cc1C(F)(F)F. The Morgan fingerprint density at radius 3 is 2.67 bits per heavy atom. The Bertz CT molecular complexity index is 1150. The molecule has 3 atom stereocenters. The number of rotatable bonds is 5. The smallest absolute Gasteiger partial charge is 0.374 e. The minimum absolute atomic E-state index is 0.00654. The number of hydrogen-bond acceptors (Lipinski definition) is 7. The van der Waals surface area contributed by atoms with Gasteiger partial charge in [0.1, 0.15) is 5.82 Å². The van der Waals surface area contributed by atoms with Gasteiger partial charge in [-0.1, -0.05) is 0 Å². The molecule has 1 N–H and O–H groups in total. The van der Waals surface area contributed by atoms with E-state index in [-0.39, 0.29) is 34.4 Å². The molecule has 5 rings (SSSR count). The van der Waals surface area contributed by atoms with Crippen LogP contribution in [0.4, 0.5) is 19.0 Å². The van der Waals surface area contributed by atoms with Gasteiger partial charge in [-0.3, -0.25) is 9.69 Å². The number of fused-ring (bicyclic) bond motifs is 2. The standard InChI is InChI=1S/C25H32F3N5O2S/c1-14-6-5-7-32(14)12-19-21(36-22(30-19)23(34)33-11-16-8-15(33)13-35-16)17-10-29-20(31-24(2,3)4)9-18(17)25(26,27)28/h9-10,14-16H,5-8,11-13H2,1-4H3,(H,29,31)/t14-,15?,16?/m0/s1. The van der Waals surface area contributed by atoms with E-state index in [0.29, 0.717) is 36.3 Å². The van der Waals surface area contributed by atoms with Crippen molar-refractivity contribution in [3.63, 3.8) is 0 Å². The van der Waals surface area contributed by atoms with Crippen LogP contribution in [0.3, 0.4) is 0 Å². The van der Waals surface area contributed by atoms with E-state index in [2.05, 4.69) is 27.1 Å². The molecule has 1 amide bonds. The molecule has 2 aromatic rings. The van der Waals surface area contributed by atoms with E-state index in [1.54, 1.807) is 4.90 Å². The van der Waals surface area contributed by atoms with E-state index in [9.17, 15) is 18.0 Å². The number of nitrogens with zero attached hydrogens (tertiary/aromatic N) is 4. The fourth-order valence-electron chi connectivity index (χ4n) is 5.28. The summed E-state index contributed by atoms with van der Waals surface area (Å²) in [6.07, 6.45) is -0.429. The molecule has 7 nitrogen and oxygen atoms in total. The highest BCUT2D eigenvalue weighted by atomic mass is 32.1. The molecule has 0 aromatic carbocycles. The van der Waals surface area contributed by atoms with Crippen LogP contribution in [-0.2, 0) is 17.5 Å². The van der Waals surface area contributed by atoms with Crippen LogP contribution in [0.1, 0.15) is 68.0 Å². The monoisotopic (exact) mass is 523 g/mol. The van der Waals surface area contributed by atoms with Gasteiger partial charge >= 0.3 is 6.18 Å². The molecule has 5 heterocycles. The maximum atomic E-state index is 14.3. The number of halogens is 3. The zero-order chi connectivity index (χ0) is 25.8. The van der Waals surface area contributed by atoms with Crippen molar-refractivity contribution in [1.82, 2.24) is 19.8 Å². The number of morpholine rings is 1. The molecule has 196 valence electrons. The van der Waals surface area contributed by atoms with Gasteiger partial charge in [-0.25, -0.2) is 9.97 Å². The van der Waals surface area contributed by atoms with Crippen molar-refractivity contribution in [2.24, 2.45) is 0 Å². The van der Waals surface area contributed by atoms with Crippen molar-refractivity contribution < 1.29 is 22.7 Å². The number of likely N-dealkylation sites (tertiary alicyclic amines) is 2. The lowest BCUT2D eigenvalue weighted by molar-refractivity contribution is -0.137. The molecule has 3 aliphatic rings. The molecular weight excluding hydrogens is 491 g/mol. The fraction of sp³-hybridized carbons (Fsp3) is 0.640. The lowest BCUT2D eigenvalue weighted by atomic mass is 10.1. The number of hydrogen-bond donors (Lipinski definition) is 1. The van der Waals surface area contributed by atoms with Crippen molar-refractivity contribution >= 4 is 23.1 Å². The second-order valence-electron chi connectivity index (χ2n) is 11.0. The van der Waals surface area contributed by atoms with Gasteiger partial charge in [0.15, 0.2) is 5.01 Å². The van der Waals surface area contributed by atoms with E-state index in [1.165, 1.54) is 6.20 Å². The minimum Gasteiger partial charge on any atom is -0.374 e. The molecule has 2 bridgehead atoms. The summed E-state index contributed by atoms with van der Waals surface area (Å²) in [7, 11) is 0. The highest BCUT2D eigenvalue weighted by Crippen LogP contribution is 2.42. The highest BCUT2D eigenvalue weighted by molar-refractivity contribution is 7.17. The summed E-state index contributed by atoms with van der Waals surface area (Å²) in [5.74, 6) is -0.0764. The predicted molar refractivity (Wildman–Crippen MR) is 132 cm³/mol. The van der Waals surface area contributed by atoms with Crippen LogP contribution < -0.4 is 5.32 Å². The summed E-state index contributed by atoms with van der Waals surface area (Å²) in [5.41, 5.74) is -0.762. The minimum atomic E-state index is -4.59. The zero-order valence-electron chi connectivity index (χ0n) is 21.0. The number of alkyl halides is 3. The first-order chi connectivity index (χ1) is 16.9. The lowest BCUT2D eigenvalue weighted by Crippen LogP contribution is -2.41. The number of anilines is 1. The summed E-state index contributed by atoms with van der Waals surface area (Å²) < 4.78 is 48.5. The molecule has 0 saturated carbocycles. The van der Waals surface area contributed by atoms with E-state index in [4.69, 9.17) is 4.74 Å². The molecule has 0 radical (unpaired) electrons. The molecule has 36 heavy (non-hydrogen) atoms. The molecule has 3 fully saturated rings. The molecule has 0 aliphatic carbocycles. The topological polar surface area (TPSA) is 70.6 Å². The van der Waals surface area contributed by atoms with Crippen LogP contribution in [-0.4, -0.2) is 69.1 Å². The fourth-order valence-corrected chi connectivity index (χ4v) is 6.33. The Labute approximate surface area is 213 Å². The Balaban J connectivity index is 1.56. The van der Waals surface area contributed by atoms with Gasteiger partial charge in [0.05, 0.1) is 34.9 Å². The number of aromatic nitrogens is 2. The lowest BCUT2D eigenvalue weighted by Gasteiger charge is -2.25. The van der Waals surface area contributed by atoms with Crippen molar-refractivity contribution in [3.8, 4) is 10.4 Å². The van der Waals surface area contributed by atoms with E-state index >= 15 is 0 Å². The van der Waals surface area contributed by atoms with Gasteiger partial charge in [-0.2, -0.15) is 13.2 Å². The highest BCUT2D eigenvalue weighted by Gasteiger charge is 2.43. The van der Waals surface area contributed by atoms with Crippen molar-refractivity contribution in [1.29, 1.82) is 0 Å². The normalized spacial score (nSPS) is 24.6. The van der Waals surface area contributed by atoms with Gasteiger partial charge < -0.3 is 15.0 Å². The number of carbonyl (C=O) groups is 1. The van der Waals surface area contributed by atoms with Crippen molar-refractivity contribution in [3.05, 3.63) is 28.5 Å². The second-order valence-corrected chi connectivity index (χ2v) is 12.0. The summed E-state index contributed by atoms with van der Waals surface area (Å²) in [6, 6.07) is 1.37. The van der Waals surface area contributed by atoms with E-state index in [0.717, 1.165) is 43.2 Å². The Kier molecular flexibility index (Phi) is 6.53. The number of nitrogens with one attached hydrogen (secondary N) is 1. The largest absolute Gasteiger partial charge is 0.417 e. The van der Waals surface area contributed by atoms with Crippen LogP contribution in [0.15, 0.2) is 12.3 Å². The van der Waals surface area contributed by atoms with Gasteiger partial charge in [0.25, 0.3) is 5.91 Å². The third-order valence-electron chi connectivity index (χ3n) is 7.04. The number of pyridine rings is 1.